The fraction of sp³-hybridized carbons (Fsp3) is 0.455. The van der Waals surface area contributed by atoms with Crippen molar-refractivity contribution >= 4 is 59.1 Å². The fourth-order valence-corrected chi connectivity index (χ4v) is 17.3. The molecule has 138 heavy (non-hydrogen) atoms. The highest BCUT2D eigenvalue weighted by molar-refractivity contribution is 6.03. The van der Waals surface area contributed by atoms with Crippen molar-refractivity contribution in [3.8, 4) is 12.1 Å². The molecule has 4 aliphatic rings. The van der Waals surface area contributed by atoms with Crippen molar-refractivity contribution in [2.45, 2.75) is 319 Å². The summed E-state index contributed by atoms with van der Waals surface area (Å²) in [6, 6.07) is 61.3. The van der Waals surface area contributed by atoms with E-state index >= 15 is 0 Å². The van der Waals surface area contributed by atoms with Gasteiger partial charge in [0.05, 0.1) is 44.9 Å². The lowest BCUT2D eigenvalue weighted by molar-refractivity contribution is -0.138. The predicted octanol–water partition coefficient (Wildman–Crippen LogP) is 19.8. The van der Waals surface area contributed by atoms with Gasteiger partial charge in [-0.15, -0.1) is 0 Å². The number of benzene rings is 8. The fourth-order valence-electron chi connectivity index (χ4n) is 17.3. The topological polar surface area (TPSA) is 339 Å². The van der Waals surface area contributed by atoms with Gasteiger partial charge in [-0.25, -0.2) is 0 Å². The van der Waals surface area contributed by atoms with Gasteiger partial charge in [0.2, 0.25) is 35.4 Å². The van der Waals surface area contributed by atoms with E-state index in [0.29, 0.717) is 103 Å². The molecule has 0 unspecified atom stereocenters. The average Bonchev–Trinajstić information content (AvgIpc) is 0.801. The molecule has 0 atom stereocenters. The maximum absolute atomic E-state index is 13.3. The average molecular weight is 1900 g/mol. The van der Waals surface area contributed by atoms with Crippen LogP contribution in [-0.4, -0.2) is 92.3 Å². The number of amides is 10. The summed E-state index contributed by atoms with van der Waals surface area (Å²) in [5.74, 6) is -2.69. The van der Waals surface area contributed by atoms with Crippen molar-refractivity contribution in [1.29, 1.82) is 10.5 Å². The molecule has 28 heteroatoms. The van der Waals surface area contributed by atoms with Crippen LogP contribution in [0.15, 0.2) is 206 Å². The first-order valence-electron chi connectivity index (χ1n) is 47.5. The van der Waals surface area contributed by atoms with Gasteiger partial charge in [-0.2, -0.15) is 36.9 Å². The standard InChI is InChI=1S/C30H38F3N3O3.C29H39N3O3.C26H28F3N3O2.C25H29N3O2/c1-27(2,3)36-25(38)28(4,5)22-14-12-21(13-15-22)24(37)35-29(16-7-6-8-17-29)26(39)34-19-20-10-9-11-23(18-20)30(31,32)33;1-27(2,3)32-25(34)28(4,5)23-16-14-22(15-17-23)24(33)31-29(18-10-7-11-19-29)26(35)30-20-21-12-8-6-9-13-21;1-24(2,17-30)20-10-7-9-19(15-20)22(33)32-25(12-4-3-5-13-25)23(34)31-16-18-8-6-11-21(14-18)26(27,28)29;1-24(2,18-26)21-13-9-12-20(16-21)22(29)28-25(14-7-4-8-15-25)23(30)27-17-19-10-5-3-6-11-19/h9-15,18H,6-8,16-17,19H2,1-5H3,(H,34,39)(H,35,37)(H,36,38);6,8-9,12-17H,7,10-11,18-20H2,1-5H3,(H,30,35)(H,31,33)(H,32,34);6-11,14-15H,3-5,12-13,16H2,1-2H3,(H,31,34)(H,32,33);3,5-6,9-13,16H,4,7-8,14-15,17H2,1-2H3,(H,27,30)(H,28,29). The molecular weight excluding hydrogens is 1760 g/mol. The first kappa shape index (κ1) is 109. The number of hydrogen-bond donors (Lipinski definition) is 10. The summed E-state index contributed by atoms with van der Waals surface area (Å²) >= 11 is 0. The number of rotatable bonds is 26. The Kier molecular flexibility index (Phi) is 36.6. The minimum Gasteiger partial charge on any atom is -0.351 e. The van der Waals surface area contributed by atoms with E-state index in [1.165, 1.54) is 24.3 Å². The van der Waals surface area contributed by atoms with E-state index in [1.54, 1.807) is 92.7 Å². The monoisotopic (exact) mass is 1900 g/mol. The van der Waals surface area contributed by atoms with Crippen LogP contribution in [0.5, 0.6) is 0 Å². The van der Waals surface area contributed by atoms with Gasteiger partial charge in [0.1, 0.15) is 22.2 Å². The molecule has 4 fully saturated rings. The van der Waals surface area contributed by atoms with E-state index in [2.05, 4.69) is 65.3 Å². The number of hydrogen-bond acceptors (Lipinski definition) is 12. The van der Waals surface area contributed by atoms with Crippen LogP contribution < -0.4 is 53.2 Å². The van der Waals surface area contributed by atoms with Gasteiger partial charge in [0.15, 0.2) is 0 Å². The Morgan fingerprint density at radius 1 is 0.275 bits per heavy atom. The Hall–Kier alpha value is -13.0. The molecule has 8 aromatic carbocycles. The zero-order chi connectivity index (χ0) is 101. The van der Waals surface area contributed by atoms with Crippen LogP contribution in [0.25, 0.3) is 0 Å². The van der Waals surface area contributed by atoms with Crippen molar-refractivity contribution in [2.75, 3.05) is 0 Å². The molecule has 10 N–H and O–H groups in total. The lowest BCUT2D eigenvalue weighted by Gasteiger charge is -2.36. The van der Waals surface area contributed by atoms with Gasteiger partial charge in [0.25, 0.3) is 23.6 Å². The van der Waals surface area contributed by atoms with Crippen molar-refractivity contribution in [1.82, 2.24) is 53.2 Å². The number of nitrogens with zero attached hydrogens (tertiary/aromatic N) is 2. The van der Waals surface area contributed by atoms with Crippen LogP contribution in [0.2, 0.25) is 0 Å². The highest BCUT2D eigenvalue weighted by atomic mass is 19.4. The van der Waals surface area contributed by atoms with Crippen LogP contribution in [-0.2, 0) is 89.0 Å². The van der Waals surface area contributed by atoms with E-state index in [4.69, 9.17) is 0 Å². The number of nitrogens with one attached hydrogen (secondary N) is 10. The van der Waals surface area contributed by atoms with Crippen LogP contribution in [0.3, 0.4) is 0 Å². The second-order valence-electron chi connectivity index (χ2n) is 40.9. The Labute approximate surface area is 807 Å². The molecule has 0 bridgehead atoms. The van der Waals surface area contributed by atoms with Gasteiger partial charge in [-0.05, 0) is 266 Å². The highest BCUT2D eigenvalue weighted by Crippen LogP contribution is 2.38. The van der Waals surface area contributed by atoms with Crippen molar-refractivity contribution in [3.05, 3.63) is 284 Å². The van der Waals surface area contributed by atoms with Gasteiger partial charge in [0, 0.05) is 59.5 Å². The van der Waals surface area contributed by atoms with E-state index in [0.717, 1.165) is 129 Å². The Morgan fingerprint density at radius 2 is 0.514 bits per heavy atom. The number of alkyl halides is 6. The quantitative estimate of drug-likeness (QED) is 0.0226. The summed E-state index contributed by atoms with van der Waals surface area (Å²) < 4.78 is 78.2. The third kappa shape index (κ3) is 30.0. The second-order valence-corrected chi connectivity index (χ2v) is 40.9. The molecule has 0 radical (unpaired) electrons. The molecule has 0 aliphatic heterocycles. The predicted molar refractivity (Wildman–Crippen MR) is 521 cm³/mol. The van der Waals surface area contributed by atoms with Crippen LogP contribution >= 0.6 is 0 Å². The van der Waals surface area contributed by atoms with Gasteiger partial charge < -0.3 is 53.2 Å². The second kappa shape index (κ2) is 46.4. The Balaban J connectivity index is 0.000000207. The van der Waals surface area contributed by atoms with Crippen LogP contribution in [0.1, 0.15) is 322 Å². The summed E-state index contributed by atoms with van der Waals surface area (Å²) in [5.41, 5.74) is -2.04. The molecule has 22 nitrogen and oxygen atoms in total. The Bertz CT molecular complexity index is 5650. The zero-order valence-electron chi connectivity index (χ0n) is 81.8. The molecule has 0 spiro atoms. The largest absolute Gasteiger partial charge is 0.416 e. The number of halogens is 6. The van der Waals surface area contributed by atoms with Crippen LogP contribution in [0.4, 0.5) is 26.3 Å². The maximum atomic E-state index is 13.3. The van der Waals surface area contributed by atoms with Crippen molar-refractivity contribution in [3.63, 3.8) is 0 Å². The number of carbonyl (C=O) groups excluding carboxylic acids is 10. The van der Waals surface area contributed by atoms with E-state index in [1.807, 2.05) is 162 Å². The molecule has 4 aliphatic carbocycles. The minimum atomic E-state index is -4.47. The Morgan fingerprint density at radius 3 is 0.768 bits per heavy atom. The molecule has 0 aromatic heterocycles. The van der Waals surface area contributed by atoms with Crippen molar-refractivity contribution in [2.24, 2.45) is 0 Å². The minimum absolute atomic E-state index is 0.0709. The normalized spacial score (nSPS) is 15.7. The summed E-state index contributed by atoms with van der Waals surface area (Å²) in [7, 11) is 0. The molecule has 736 valence electrons. The van der Waals surface area contributed by atoms with Gasteiger partial charge in [-0.1, -0.05) is 211 Å². The van der Waals surface area contributed by atoms with Gasteiger partial charge >= 0.3 is 12.4 Å². The first-order chi connectivity index (χ1) is 64.8. The third-order valence-corrected chi connectivity index (χ3v) is 26.1. The van der Waals surface area contributed by atoms with E-state index in [-0.39, 0.29) is 59.6 Å². The lowest BCUT2D eigenvalue weighted by atomic mass is 9.80. The smallest absolute Gasteiger partial charge is 0.351 e. The first-order valence-corrected chi connectivity index (χ1v) is 47.5. The molecule has 12 rings (SSSR count). The molecular formula is C110H134F6N12O10. The van der Waals surface area contributed by atoms with Crippen LogP contribution in [0, 0.1) is 22.7 Å². The summed E-state index contributed by atoms with van der Waals surface area (Å²) in [5, 5.41) is 48.3. The molecule has 4 saturated carbocycles. The lowest BCUT2D eigenvalue weighted by Crippen LogP contribution is -2.59. The number of nitriles is 2. The number of carbonyl (C=O) groups is 10. The summed E-state index contributed by atoms with van der Waals surface area (Å²) in [6.07, 6.45) is 5.89. The van der Waals surface area contributed by atoms with Gasteiger partial charge in [-0.3, -0.25) is 47.9 Å². The molecule has 10 amide bonds. The zero-order valence-corrected chi connectivity index (χ0v) is 81.8. The third-order valence-electron chi connectivity index (χ3n) is 26.1. The summed E-state index contributed by atoms with van der Waals surface area (Å²) in [6.45, 7) is 26.8. The van der Waals surface area contributed by atoms with E-state index in [9.17, 15) is 84.8 Å². The SMILES string of the molecule is CC(C)(C#N)c1cccc(C(=O)NC2(C(=O)NCc3cccc(C(F)(F)F)c3)CCCCC2)c1.CC(C)(C#N)c1cccc(C(=O)NC2(C(=O)NCc3ccccc3)CCCCC2)c1.CC(C)(C)NC(=O)C(C)(C)c1ccc(C(=O)NC2(C(=O)NCc3cccc(C(F)(F)F)c3)CCCCC2)cc1.CC(C)(C)NC(=O)C(C)(C)c1ccc(C(=O)NC2(C(=O)NCc3ccccc3)CCCCC2)cc1. The molecule has 0 saturated heterocycles. The summed E-state index contributed by atoms with van der Waals surface area (Å²) in [4.78, 5) is 131. The van der Waals surface area contributed by atoms with Crippen molar-refractivity contribution < 1.29 is 74.3 Å². The molecule has 0 heterocycles. The maximum Gasteiger partial charge on any atom is 0.416 e. The molecule has 8 aromatic rings. The van der Waals surface area contributed by atoms with E-state index < -0.39 is 90.9 Å². The highest BCUT2D eigenvalue weighted by Gasteiger charge is 2.47.